The van der Waals surface area contributed by atoms with Crippen LogP contribution in [0.2, 0.25) is 0 Å². The minimum absolute atomic E-state index is 0.00392. The van der Waals surface area contributed by atoms with Gasteiger partial charge in [-0.2, -0.15) is 0 Å². The van der Waals surface area contributed by atoms with E-state index in [2.05, 4.69) is 9.72 Å². The summed E-state index contributed by atoms with van der Waals surface area (Å²) in [4.78, 5) is 27.1. The van der Waals surface area contributed by atoms with E-state index in [1.165, 1.54) is 12.1 Å². The Labute approximate surface area is 162 Å². The van der Waals surface area contributed by atoms with Crippen molar-refractivity contribution in [2.45, 2.75) is 13.3 Å². The van der Waals surface area contributed by atoms with Crippen LogP contribution in [-0.2, 0) is 21.2 Å². The van der Waals surface area contributed by atoms with Crippen molar-refractivity contribution in [2.75, 3.05) is 19.5 Å². The van der Waals surface area contributed by atoms with Gasteiger partial charge in [0.15, 0.2) is 0 Å². The molecule has 1 N–H and O–H groups in total. The molecule has 1 aromatic carbocycles. The predicted molar refractivity (Wildman–Crippen MR) is 99.8 cm³/mol. The minimum atomic E-state index is -3.84. The molecule has 10 heteroatoms. The number of nitrogens with one attached hydrogen (secondary N) is 1. The lowest BCUT2D eigenvalue weighted by Gasteiger charge is -2.08. The topological polar surface area (TPSA) is 121 Å². The summed E-state index contributed by atoms with van der Waals surface area (Å²) in [6.07, 6.45) is 0.411. The molecule has 0 aliphatic rings. The molecular weight excluding hydrogens is 388 g/mol. The van der Waals surface area contributed by atoms with E-state index in [-0.39, 0.29) is 30.2 Å². The number of sulfonamides is 1. The van der Waals surface area contributed by atoms with E-state index >= 15 is 0 Å². The first-order valence-electron chi connectivity index (χ1n) is 8.31. The quantitative estimate of drug-likeness (QED) is 0.658. The number of benzene rings is 1. The van der Waals surface area contributed by atoms with Crippen LogP contribution >= 0.6 is 0 Å². The molecule has 0 fully saturated rings. The molecule has 1 heterocycles. The van der Waals surface area contributed by atoms with Crippen molar-refractivity contribution in [1.82, 2.24) is 9.71 Å². The first kappa shape index (κ1) is 21.2. The summed E-state index contributed by atoms with van der Waals surface area (Å²) in [6, 6.07) is 9.51. The number of hydrogen-bond donors (Lipinski definition) is 1. The second kappa shape index (κ2) is 9.70. The van der Waals surface area contributed by atoms with E-state index in [0.717, 1.165) is 11.8 Å². The van der Waals surface area contributed by atoms with E-state index in [9.17, 15) is 18.0 Å². The third-order valence-corrected chi connectivity index (χ3v) is 4.75. The van der Waals surface area contributed by atoms with Crippen molar-refractivity contribution in [3.8, 4) is 11.6 Å². The molecule has 28 heavy (non-hydrogen) atoms. The highest BCUT2D eigenvalue weighted by Gasteiger charge is 2.17. The van der Waals surface area contributed by atoms with E-state index in [4.69, 9.17) is 9.47 Å². The van der Waals surface area contributed by atoms with Gasteiger partial charge in [0.1, 0.15) is 5.75 Å². The molecule has 0 bridgehead atoms. The number of amides is 1. The van der Waals surface area contributed by atoms with E-state index in [1.54, 1.807) is 38.3 Å². The number of carbonyl (C=O) groups is 2. The lowest BCUT2D eigenvalue weighted by Crippen LogP contribution is -2.33. The van der Waals surface area contributed by atoms with Gasteiger partial charge in [0.2, 0.25) is 15.9 Å². The van der Waals surface area contributed by atoms with Crippen LogP contribution in [0.1, 0.15) is 22.8 Å². The summed E-state index contributed by atoms with van der Waals surface area (Å²) >= 11 is 0. The van der Waals surface area contributed by atoms with Crippen LogP contribution in [0.25, 0.3) is 0 Å². The van der Waals surface area contributed by atoms with Crippen LogP contribution in [0.15, 0.2) is 42.6 Å². The zero-order chi connectivity index (χ0) is 20.6. The molecule has 150 valence electrons. The average molecular weight is 408 g/mol. The summed E-state index contributed by atoms with van der Waals surface area (Å²) in [5.74, 6) is -0.493. The van der Waals surface area contributed by atoms with Gasteiger partial charge >= 0.3 is 6.16 Å². The summed E-state index contributed by atoms with van der Waals surface area (Å²) in [6.45, 7) is 1.77. The standard InChI is InChI=1S/C18H20N2O7S/c1-3-26-18(22)27-16-9-6-14(12-19-16)17(21)20-28(23,24)11-10-13-4-7-15(25-2)8-5-13/h4-9,12H,3,10-11H2,1-2H3,(H,20,21). The number of pyridine rings is 1. The fourth-order valence-electron chi connectivity index (χ4n) is 2.10. The van der Waals surface area contributed by atoms with Crippen molar-refractivity contribution in [2.24, 2.45) is 0 Å². The van der Waals surface area contributed by atoms with Crippen LogP contribution in [0.4, 0.5) is 4.79 Å². The first-order valence-corrected chi connectivity index (χ1v) is 9.96. The molecule has 0 radical (unpaired) electrons. The van der Waals surface area contributed by atoms with Crippen molar-refractivity contribution < 1.29 is 32.2 Å². The van der Waals surface area contributed by atoms with Gasteiger partial charge in [-0.05, 0) is 37.1 Å². The molecule has 0 saturated heterocycles. The highest BCUT2D eigenvalue weighted by Crippen LogP contribution is 2.12. The number of rotatable bonds is 8. The third kappa shape index (κ3) is 6.54. The summed E-state index contributed by atoms with van der Waals surface area (Å²) in [5.41, 5.74) is 0.796. The maximum absolute atomic E-state index is 12.1. The van der Waals surface area contributed by atoms with Crippen LogP contribution in [0.3, 0.4) is 0 Å². The second-order valence-electron chi connectivity index (χ2n) is 5.52. The number of nitrogens with zero attached hydrogens (tertiary/aromatic N) is 1. The Balaban J connectivity index is 1.91. The van der Waals surface area contributed by atoms with Gasteiger partial charge in [0.25, 0.3) is 5.91 Å². The molecular formula is C18H20N2O7S. The van der Waals surface area contributed by atoms with Crippen LogP contribution in [0.5, 0.6) is 11.6 Å². The van der Waals surface area contributed by atoms with Gasteiger partial charge in [-0.3, -0.25) is 4.79 Å². The number of hydrogen-bond acceptors (Lipinski definition) is 8. The van der Waals surface area contributed by atoms with Gasteiger partial charge in [0, 0.05) is 12.3 Å². The summed E-state index contributed by atoms with van der Waals surface area (Å²) in [7, 11) is -2.30. The lowest BCUT2D eigenvalue weighted by atomic mass is 10.2. The van der Waals surface area contributed by atoms with Crippen LogP contribution < -0.4 is 14.2 Å². The molecule has 2 rings (SSSR count). The van der Waals surface area contributed by atoms with E-state index < -0.39 is 22.1 Å². The number of aryl methyl sites for hydroxylation is 1. The molecule has 0 spiro atoms. The van der Waals surface area contributed by atoms with Gasteiger partial charge in [-0.25, -0.2) is 22.9 Å². The summed E-state index contributed by atoms with van der Waals surface area (Å²) in [5, 5.41) is 0. The number of aromatic nitrogens is 1. The molecule has 2 aromatic rings. The largest absolute Gasteiger partial charge is 0.515 e. The number of methoxy groups -OCH3 is 1. The average Bonchev–Trinajstić information content (AvgIpc) is 2.67. The molecule has 1 amide bonds. The van der Waals surface area contributed by atoms with Crippen LogP contribution in [-0.4, -0.2) is 44.9 Å². The van der Waals surface area contributed by atoms with Crippen molar-refractivity contribution in [3.63, 3.8) is 0 Å². The lowest BCUT2D eigenvalue weighted by molar-refractivity contribution is 0.0981. The van der Waals surface area contributed by atoms with Crippen molar-refractivity contribution in [1.29, 1.82) is 0 Å². The zero-order valence-corrected chi connectivity index (χ0v) is 16.2. The minimum Gasteiger partial charge on any atom is -0.497 e. The van der Waals surface area contributed by atoms with Crippen molar-refractivity contribution >= 4 is 22.1 Å². The molecule has 0 saturated carbocycles. The maximum atomic E-state index is 12.1. The van der Waals surface area contributed by atoms with Gasteiger partial charge in [0.05, 0.1) is 25.0 Å². The normalized spacial score (nSPS) is 10.8. The Bertz CT molecular complexity index is 910. The number of ether oxygens (including phenoxy) is 3. The number of carbonyl (C=O) groups excluding carboxylic acids is 2. The molecule has 0 unspecified atom stereocenters. The fraction of sp³-hybridized carbons (Fsp3) is 0.278. The van der Waals surface area contributed by atoms with Crippen LogP contribution in [0, 0.1) is 0 Å². The molecule has 9 nitrogen and oxygen atoms in total. The Kier molecular flexibility index (Phi) is 7.33. The summed E-state index contributed by atoms with van der Waals surface area (Å²) < 4.78 is 40.7. The molecule has 0 atom stereocenters. The highest BCUT2D eigenvalue weighted by atomic mass is 32.2. The Morgan fingerprint density at radius 2 is 1.82 bits per heavy atom. The Hall–Kier alpha value is -3.14. The first-order chi connectivity index (χ1) is 13.3. The van der Waals surface area contributed by atoms with E-state index in [0.29, 0.717) is 5.75 Å². The maximum Gasteiger partial charge on any atom is 0.515 e. The van der Waals surface area contributed by atoms with Gasteiger partial charge in [-0.1, -0.05) is 12.1 Å². The molecule has 0 aliphatic carbocycles. The SMILES string of the molecule is CCOC(=O)Oc1ccc(C(=O)NS(=O)(=O)CCc2ccc(OC)cc2)cn1. The van der Waals surface area contributed by atoms with Gasteiger partial charge in [-0.15, -0.1) is 0 Å². The van der Waals surface area contributed by atoms with Crippen molar-refractivity contribution in [3.05, 3.63) is 53.7 Å². The third-order valence-electron chi connectivity index (χ3n) is 3.52. The Morgan fingerprint density at radius 1 is 1.11 bits per heavy atom. The molecule has 1 aromatic heterocycles. The fourth-order valence-corrected chi connectivity index (χ4v) is 3.11. The predicted octanol–water partition coefficient (Wildman–Crippen LogP) is 1.93. The van der Waals surface area contributed by atoms with E-state index in [1.807, 2.05) is 4.72 Å². The smallest absolute Gasteiger partial charge is 0.497 e. The zero-order valence-electron chi connectivity index (χ0n) is 15.4. The Morgan fingerprint density at radius 3 is 2.39 bits per heavy atom. The van der Waals surface area contributed by atoms with Gasteiger partial charge < -0.3 is 14.2 Å². The highest BCUT2D eigenvalue weighted by molar-refractivity contribution is 7.90. The second-order valence-corrected chi connectivity index (χ2v) is 7.36. The monoisotopic (exact) mass is 408 g/mol. The molecule has 0 aliphatic heterocycles.